The minimum atomic E-state index is -0.558. The average Bonchev–Trinajstić information content (AvgIpc) is 2.16. The summed E-state index contributed by atoms with van der Waals surface area (Å²) in [5.41, 5.74) is 8.48. The number of nitrogens with one attached hydrogen (secondary N) is 1. The van der Waals surface area contributed by atoms with Crippen LogP contribution in [0.25, 0.3) is 6.08 Å². The van der Waals surface area contributed by atoms with E-state index in [0.717, 1.165) is 5.56 Å². The summed E-state index contributed by atoms with van der Waals surface area (Å²) in [7, 11) is 0. The van der Waals surface area contributed by atoms with E-state index in [9.17, 15) is 4.79 Å². The average molecular weight is 178 g/mol. The van der Waals surface area contributed by atoms with Crippen LogP contribution in [0.3, 0.4) is 0 Å². The van der Waals surface area contributed by atoms with E-state index in [0.29, 0.717) is 5.69 Å². The fourth-order valence-electron chi connectivity index (χ4n) is 0.816. The Hall–Kier alpha value is -1.81. The van der Waals surface area contributed by atoms with Gasteiger partial charge in [-0.3, -0.25) is 10.0 Å². The number of nitrogen functional groups attached to an aromatic ring is 1. The van der Waals surface area contributed by atoms with Gasteiger partial charge in [-0.2, -0.15) is 0 Å². The Bertz CT molecular complexity index is 317. The highest BCUT2D eigenvalue weighted by Gasteiger charge is 1.90. The molecule has 0 heterocycles. The Morgan fingerprint density at radius 2 is 2.00 bits per heavy atom. The second kappa shape index (κ2) is 4.27. The minimum absolute atomic E-state index is 0.558. The van der Waals surface area contributed by atoms with Crippen molar-refractivity contribution in [3.05, 3.63) is 35.9 Å². The normalized spacial score (nSPS) is 10.2. The maximum atomic E-state index is 10.6. The summed E-state index contributed by atoms with van der Waals surface area (Å²) < 4.78 is 0. The second-order valence-corrected chi connectivity index (χ2v) is 2.48. The summed E-state index contributed by atoms with van der Waals surface area (Å²) >= 11 is 0. The molecule has 4 heteroatoms. The fourth-order valence-corrected chi connectivity index (χ4v) is 0.816. The Kier molecular flexibility index (Phi) is 3.05. The molecule has 0 saturated carbocycles. The van der Waals surface area contributed by atoms with Crippen LogP contribution in [0.15, 0.2) is 30.3 Å². The first-order valence-corrected chi connectivity index (χ1v) is 3.70. The maximum Gasteiger partial charge on any atom is 0.267 e. The number of nitrogens with two attached hydrogens (primary N) is 1. The third kappa shape index (κ3) is 2.96. The first kappa shape index (κ1) is 9.28. The first-order valence-electron chi connectivity index (χ1n) is 3.70. The molecule has 0 saturated heterocycles. The Labute approximate surface area is 75.6 Å². The molecular formula is C9H10N2O2. The topological polar surface area (TPSA) is 75.4 Å². The van der Waals surface area contributed by atoms with Crippen LogP contribution >= 0.6 is 0 Å². The molecule has 1 amide bonds. The summed E-state index contributed by atoms with van der Waals surface area (Å²) in [6.07, 6.45) is 2.80. The summed E-state index contributed by atoms with van der Waals surface area (Å²) in [6.45, 7) is 0. The molecule has 0 radical (unpaired) electrons. The molecule has 1 rings (SSSR count). The van der Waals surface area contributed by atoms with Crippen molar-refractivity contribution in [1.82, 2.24) is 5.48 Å². The van der Waals surface area contributed by atoms with Crippen LogP contribution in [0.1, 0.15) is 5.56 Å². The molecule has 0 spiro atoms. The number of amides is 1. The molecule has 4 nitrogen and oxygen atoms in total. The predicted molar refractivity (Wildman–Crippen MR) is 49.8 cm³/mol. The van der Waals surface area contributed by atoms with E-state index in [1.54, 1.807) is 30.3 Å². The number of hydroxylamine groups is 1. The van der Waals surface area contributed by atoms with Gasteiger partial charge in [0.05, 0.1) is 0 Å². The van der Waals surface area contributed by atoms with E-state index < -0.39 is 5.91 Å². The van der Waals surface area contributed by atoms with E-state index in [2.05, 4.69) is 0 Å². The van der Waals surface area contributed by atoms with E-state index in [1.807, 2.05) is 0 Å². The van der Waals surface area contributed by atoms with Crippen LogP contribution in [0.2, 0.25) is 0 Å². The standard InChI is InChI=1S/C9H10N2O2/c10-8-4-1-7(2-5-8)3-6-9(12)11-13/h1-6,13H,10H2,(H,11,12). The van der Waals surface area contributed by atoms with Gasteiger partial charge in [0, 0.05) is 11.8 Å². The molecule has 0 aliphatic rings. The van der Waals surface area contributed by atoms with Gasteiger partial charge in [0.2, 0.25) is 0 Å². The van der Waals surface area contributed by atoms with Crippen molar-refractivity contribution < 1.29 is 10.0 Å². The van der Waals surface area contributed by atoms with Crippen LogP contribution in [-0.4, -0.2) is 11.1 Å². The predicted octanol–water partition coefficient (Wildman–Crippen LogP) is 0.787. The zero-order chi connectivity index (χ0) is 9.68. The Balaban J connectivity index is 2.69. The van der Waals surface area contributed by atoms with Gasteiger partial charge >= 0.3 is 0 Å². The molecule has 1 aromatic rings. The van der Waals surface area contributed by atoms with Crippen molar-refractivity contribution in [3.8, 4) is 0 Å². The van der Waals surface area contributed by atoms with Gasteiger partial charge in [0.15, 0.2) is 0 Å². The van der Waals surface area contributed by atoms with E-state index in [4.69, 9.17) is 10.9 Å². The lowest BCUT2D eigenvalue weighted by molar-refractivity contribution is -0.124. The van der Waals surface area contributed by atoms with Crippen LogP contribution < -0.4 is 11.2 Å². The fraction of sp³-hybridized carbons (Fsp3) is 0. The van der Waals surface area contributed by atoms with E-state index >= 15 is 0 Å². The molecule has 68 valence electrons. The number of benzene rings is 1. The molecular weight excluding hydrogens is 168 g/mol. The lowest BCUT2D eigenvalue weighted by Gasteiger charge is -1.94. The van der Waals surface area contributed by atoms with Gasteiger partial charge in [-0.25, -0.2) is 5.48 Å². The number of carbonyl (C=O) groups is 1. The second-order valence-electron chi connectivity index (χ2n) is 2.48. The van der Waals surface area contributed by atoms with Gasteiger partial charge in [0.25, 0.3) is 5.91 Å². The third-order valence-electron chi connectivity index (χ3n) is 1.47. The summed E-state index contributed by atoms with van der Waals surface area (Å²) in [5.74, 6) is -0.558. The molecule has 0 fully saturated rings. The van der Waals surface area contributed by atoms with Crippen molar-refractivity contribution in [3.63, 3.8) is 0 Å². The van der Waals surface area contributed by atoms with Crippen LogP contribution in [0.4, 0.5) is 5.69 Å². The molecule has 0 bridgehead atoms. The summed E-state index contributed by atoms with van der Waals surface area (Å²) in [4.78, 5) is 10.6. The monoisotopic (exact) mass is 178 g/mol. The Morgan fingerprint density at radius 1 is 1.38 bits per heavy atom. The molecule has 0 unspecified atom stereocenters. The number of hydrogen-bond acceptors (Lipinski definition) is 3. The highest BCUT2D eigenvalue weighted by Crippen LogP contribution is 2.06. The van der Waals surface area contributed by atoms with Crippen LogP contribution in [0, 0.1) is 0 Å². The molecule has 0 atom stereocenters. The quantitative estimate of drug-likeness (QED) is 0.271. The van der Waals surface area contributed by atoms with Gasteiger partial charge in [-0.15, -0.1) is 0 Å². The van der Waals surface area contributed by atoms with Gasteiger partial charge in [0.1, 0.15) is 0 Å². The lowest BCUT2D eigenvalue weighted by atomic mass is 10.2. The van der Waals surface area contributed by atoms with Crippen molar-refractivity contribution in [1.29, 1.82) is 0 Å². The zero-order valence-electron chi connectivity index (χ0n) is 6.90. The number of hydrogen-bond donors (Lipinski definition) is 3. The molecule has 4 N–H and O–H groups in total. The van der Waals surface area contributed by atoms with Crippen molar-refractivity contribution in [2.45, 2.75) is 0 Å². The SMILES string of the molecule is Nc1ccc(C=CC(=O)NO)cc1. The highest BCUT2D eigenvalue weighted by molar-refractivity contribution is 5.90. The maximum absolute atomic E-state index is 10.6. The largest absolute Gasteiger partial charge is 0.399 e. The smallest absolute Gasteiger partial charge is 0.267 e. The lowest BCUT2D eigenvalue weighted by Crippen LogP contribution is -2.14. The van der Waals surface area contributed by atoms with Gasteiger partial charge < -0.3 is 5.73 Å². The molecule has 13 heavy (non-hydrogen) atoms. The van der Waals surface area contributed by atoms with Crippen LogP contribution in [-0.2, 0) is 4.79 Å². The number of rotatable bonds is 2. The summed E-state index contributed by atoms with van der Waals surface area (Å²) in [6, 6.07) is 7.01. The first-order chi connectivity index (χ1) is 6.22. The van der Waals surface area contributed by atoms with Crippen LogP contribution in [0.5, 0.6) is 0 Å². The zero-order valence-corrected chi connectivity index (χ0v) is 6.90. The van der Waals surface area contributed by atoms with E-state index in [1.165, 1.54) is 11.6 Å². The minimum Gasteiger partial charge on any atom is -0.399 e. The van der Waals surface area contributed by atoms with Gasteiger partial charge in [-0.1, -0.05) is 12.1 Å². The highest BCUT2D eigenvalue weighted by atomic mass is 16.5. The molecule has 0 aromatic heterocycles. The molecule has 0 aliphatic carbocycles. The van der Waals surface area contributed by atoms with E-state index in [-0.39, 0.29) is 0 Å². The molecule has 1 aromatic carbocycles. The van der Waals surface area contributed by atoms with Crippen molar-refractivity contribution >= 4 is 17.7 Å². The number of anilines is 1. The third-order valence-corrected chi connectivity index (χ3v) is 1.47. The Morgan fingerprint density at radius 3 is 2.54 bits per heavy atom. The molecule has 0 aliphatic heterocycles. The van der Waals surface area contributed by atoms with Gasteiger partial charge in [-0.05, 0) is 23.8 Å². The van der Waals surface area contributed by atoms with Crippen molar-refractivity contribution in [2.24, 2.45) is 0 Å². The summed E-state index contributed by atoms with van der Waals surface area (Å²) in [5, 5.41) is 8.19. The van der Waals surface area contributed by atoms with Crippen molar-refractivity contribution in [2.75, 3.05) is 5.73 Å². The number of carbonyl (C=O) groups excluding carboxylic acids is 1.